The summed E-state index contributed by atoms with van der Waals surface area (Å²) < 4.78 is 5.54. The molecule has 2 rings (SSSR count). The first-order chi connectivity index (χ1) is 8.61. The molecule has 1 N–H and O–H groups in total. The van der Waals surface area contributed by atoms with Crippen LogP contribution in [-0.2, 0) is 11.2 Å². The van der Waals surface area contributed by atoms with Gasteiger partial charge in [-0.05, 0) is 37.5 Å². The van der Waals surface area contributed by atoms with Crippen molar-refractivity contribution < 1.29 is 9.21 Å². The van der Waals surface area contributed by atoms with Crippen LogP contribution < -0.4 is 5.32 Å². The second kappa shape index (κ2) is 5.25. The van der Waals surface area contributed by atoms with Gasteiger partial charge in [-0.3, -0.25) is 4.79 Å². The van der Waals surface area contributed by atoms with Crippen molar-refractivity contribution in [1.29, 1.82) is 0 Å². The standard InChI is InChI=1S/C15H19NO2/c1-4-5-16-14(17)8-12-9-18-13-7-10(2)6-11(3)15(12)13/h6-7,9H,4-5,8H2,1-3H3,(H,16,17). The third-order valence-corrected chi connectivity index (χ3v) is 3.02. The van der Waals surface area contributed by atoms with Crippen LogP contribution in [0.1, 0.15) is 30.0 Å². The molecular weight excluding hydrogens is 226 g/mol. The lowest BCUT2D eigenvalue weighted by Gasteiger charge is -2.03. The first-order valence-corrected chi connectivity index (χ1v) is 6.36. The first-order valence-electron chi connectivity index (χ1n) is 6.36. The van der Waals surface area contributed by atoms with E-state index in [1.807, 2.05) is 19.9 Å². The van der Waals surface area contributed by atoms with Gasteiger partial charge >= 0.3 is 0 Å². The average molecular weight is 245 g/mol. The second-order valence-electron chi connectivity index (χ2n) is 4.74. The van der Waals surface area contributed by atoms with Crippen molar-refractivity contribution in [3.63, 3.8) is 0 Å². The van der Waals surface area contributed by atoms with Gasteiger partial charge in [0.2, 0.25) is 5.91 Å². The molecule has 96 valence electrons. The van der Waals surface area contributed by atoms with Crippen molar-refractivity contribution in [2.45, 2.75) is 33.6 Å². The molecule has 2 aromatic rings. The van der Waals surface area contributed by atoms with Gasteiger partial charge in [0.15, 0.2) is 0 Å². The number of rotatable bonds is 4. The minimum Gasteiger partial charge on any atom is -0.464 e. The molecule has 0 bridgehead atoms. The molecule has 0 radical (unpaired) electrons. The zero-order valence-electron chi connectivity index (χ0n) is 11.2. The van der Waals surface area contributed by atoms with Gasteiger partial charge in [0, 0.05) is 17.5 Å². The number of aryl methyl sites for hydroxylation is 2. The highest BCUT2D eigenvalue weighted by molar-refractivity contribution is 5.90. The fourth-order valence-electron chi connectivity index (χ4n) is 2.26. The van der Waals surface area contributed by atoms with E-state index < -0.39 is 0 Å². The number of hydrogen-bond donors (Lipinski definition) is 1. The van der Waals surface area contributed by atoms with Crippen LogP contribution in [0.25, 0.3) is 11.0 Å². The number of carbonyl (C=O) groups excluding carboxylic acids is 1. The Morgan fingerprint density at radius 2 is 2.11 bits per heavy atom. The lowest BCUT2D eigenvalue weighted by molar-refractivity contribution is -0.120. The highest BCUT2D eigenvalue weighted by atomic mass is 16.3. The molecule has 0 aliphatic rings. The summed E-state index contributed by atoms with van der Waals surface area (Å²) in [7, 11) is 0. The molecule has 0 saturated carbocycles. The molecule has 1 heterocycles. The van der Waals surface area contributed by atoms with Crippen LogP contribution in [0.4, 0.5) is 0 Å². The molecule has 0 unspecified atom stereocenters. The Kier molecular flexibility index (Phi) is 3.70. The van der Waals surface area contributed by atoms with Gasteiger partial charge in [0.25, 0.3) is 0 Å². The molecule has 1 aromatic carbocycles. The molecule has 0 aliphatic carbocycles. The smallest absolute Gasteiger partial charge is 0.224 e. The zero-order valence-corrected chi connectivity index (χ0v) is 11.2. The van der Waals surface area contributed by atoms with Gasteiger partial charge in [-0.25, -0.2) is 0 Å². The van der Waals surface area contributed by atoms with Crippen molar-refractivity contribution in [3.8, 4) is 0 Å². The van der Waals surface area contributed by atoms with Crippen molar-refractivity contribution in [3.05, 3.63) is 35.1 Å². The molecule has 0 fully saturated rings. The number of amides is 1. The van der Waals surface area contributed by atoms with E-state index >= 15 is 0 Å². The van der Waals surface area contributed by atoms with Gasteiger partial charge in [0.1, 0.15) is 5.58 Å². The van der Waals surface area contributed by atoms with E-state index in [2.05, 4.69) is 18.3 Å². The van der Waals surface area contributed by atoms with Gasteiger partial charge < -0.3 is 9.73 Å². The van der Waals surface area contributed by atoms with Gasteiger partial charge in [0.05, 0.1) is 12.7 Å². The predicted octanol–water partition coefficient (Wildman–Crippen LogP) is 3.12. The van der Waals surface area contributed by atoms with E-state index in [9.17, 15) is 4.79 Å². The monoisotopic (exact) mass is 245 g/mol. The number of fused-ring (bicyclic) bond motifs is 1. The summed E-state index contributed by atoms with van der Waals surface area (Å²) in [6.07, 6.45) is 3.04. The molecule has 3 heteroatoms. The Balaban J connectivity index is 2.27. The molecule has 0 aliphatic heterocycles. The number of nitrogens with one attached hydrogen (secondary N) is 1. The average Bonchev–Trinajstić information content (AvgIpc) is 2.69. The summed E-state index contributed by atoms with van der Waals surface area (Å²) in [5.74, 6) is 0.0551. The first kappa shape index (κ1) is 12.7. The summed E-state index contributed by atoms with van der Waals surface area (Å²) in [5, 5.41) is 3.96. The van der Waals surface area contributed by atoms with Crippen molar-refractivity contribution in [2.24, 2.45) is 0 Å². The largest absolute Gasteiger partial charge is 0.464 e. The maximum Gasteiger partial charge on any atom is 0.224 e. The molecule has 3 nitrogen and oxygen atoms in total. The summed E-state index contributed by atoms with van der Waals surface area (Å²) in [5.41, 5.74) is 4.18. The highest BCUT2D eigenvalue weighted by Gasteiger charge is 2.12. The maximum atomic E-state index is 11.7. The third-order valence-electron chi connectivity index (χ3n) is 3.02. The van der Waals surface area contributed by atoms with Crippen LogP contribution in [0.5, 0.6) is 0 Å². The minimum absolute atomic E-state index is 0.0551. The Bertz CT molecular complexity index is 569. The molecular formula is C15H19NO2. The predicted molar refractivity (Wildman–Crippen MR) is 72.7 cm³/mol. The third kappa shape index (κ3) is 2.55. The molecule has 1 aromatic heterocycles. The molecule has 0 saturated heterocycles. The molecule has 0 spiro atoms. The van der Waals surface area contributed by atoms with Crippen molar-refractivity contribution in [2.75, 3.05) is 6.54 Å². The van der Waals surface area contributed by atoms with E-state index in [4.69, 9.17) is 4.42 Å². The summed E-state index contributed by atoms with van der Waals surface area (Å²) in [4.78, 5) is 11.7. The minimum atomic E-state index is 0.0551. The number of furan rings is 1. The van der Waals surface area contributed by atoms with E-state index in [0.29, 0.717) is 6.42 Å². The summed E-state index contributed by atoms with van der Waals surface area (Å²) in [6, 6.07) is 4.13. The van der Waals surface area contributed by atoms with Crippen molar-refractivity contribution >= 4 is 16.9 Å². The van der Waals surface area contributed by atoms with Crippen LogP contribution in [0.3, 0.4) is 0 Å². The van der Waals surface area contributed by atoms with E-state index in [-0.39, 0.29) is 5.91 Å². The Morgan fingerprint density at radius 1 is 1.33 bits per heavy atom. The van der Waals surface area contributed by atoms with Crippen molar-refractivity contribution in [1.82, 2.24) is 5.32 Å². The van der Waals surface area contributed by atoms with E-state index in [0.717, 1.165) is 35.1 Å². The Morgan fingerprint density at radius 3 is 2.83 bits per heavy atom. The van der Waals surface area contributed by atoms with Crippen LogP contribution in [0, 0.1) is 13.8 Å². The SMILES string of the molecule is CCCNC(=O)Cc1coc2cc(C)cc(C)c12. The highest BCUT2D eigenvalue weighted by Crippen LogP contribution is 2.26. The topological polar surface area (TPSA) is 42.2 Å². The van der Waals surface area contributed by atoms with Gasteiger partial charge in [-0.2, -0.15) is 0 Å². The van der Waals surface area contributed by atoms with Crippen LogP contribution in [-0.4, -0.2) is 12.5 Å². The van der Waals surface area contributed by atoms with E-state index in [1.54, 1.807) is 6.26 Å². The Hall–Kier alpha value is -1.77. The van der Waals surface area contributed by atoms with Crippen LogP contribution in [0.15, 0.2) is 22.8 Å². The lowest BCUT2D eigenvalue weighted by Crippen LogP contribution is -2.25. The maximum absolute atomic E-state index is 11.7. The van der Waals surface area contributed by atoms with E-state index in [1.165, 1.54) is 5.56 Å². The molecule has 0 atom stereocenters. The van der Waals surface area contributed by atoms with Gasteiger partial charge in [-0.1, -0.05) is 13.0 Å². The van der Waals surface area contributed by atoms with Crippen LogP contribution >= 0.6 is 0 Å². The number of hydrogen-bond acceptors (Lipinski definition) is 2. The molecule has 18 heavy (non-hydrogen) atoms. The summed E-state index contributed by atoms with van der Waals surface area (Å²) >= 11 is 0. The Labute approximate surface area is 107 Å². The normalized spacial score (nSPS) is 10.8. The second-order valence-corrected chi connectivity index (χ2v) is 4.74. The van der Waals surface area contributed by atoms with Crippen LogP contribution in [0.2, 0.25) is 0 Å². The fourth-order valence-corrected chi connectivity index (χ4v) is 2.26. The molecule has 1 amide bonds. The lowest BCUT2D eigenvalue weighted by atomic mass is 10.0. The summed E-state index contributed by atoms with van der Waals surface area (Å²) in [6.45, 7) is 6.87. The number of benzene rings is 1. The zero-order chi connectivity index (χ0) is 13.1. The fraction of sp³-hybridized carbons (Fsp3) is 0.400. The van der Waals surface area contributed by atoms with Gasteiger partial charge in [-0.15, -0.1) is 0 Å². The quantitative estimate of drug-likeness (QED) is 0.899. The number of carbonyl (C=O) groups is 1.